The normalized spacial score (nSPS) is 20.5. The van der Waals surface area contributed by atoms with Crippen LogP contribution in [0.4, 0.5) is 11.6 Å². The van der Waals surface area contributed by atoms with Gasteiger partial charge in [-0.25, -0.2) is 15.0 Å². The summed E-state index contributed by atoms with van der Waals surface area (Å²) < 4.78 is 0. The fraction of sp³-hybridized carbons (Fsp3) is 0.458. The molecular weight excluding hydrogens is 466 g/mol. The van der Waals surface area contributed by atoms with Crippen molar-refractivity contribution in [3.8, 4) is 11.3 Å². The van der Waals surface area contributed by atoms with Crippen LogP contribution in [0.5, 0.6) is 0 Å². The number of H-pyrrole nitrogens is 1. The van der Waals surface area contributed by atoms with Crippen LogP contribution in [0.1, 0.15) is 38.3 Å². The average molecular weight is 496 g/mol. The Bertz CT molecular complexity index is 1400. The molecule has 0 radical (unpaired) electrons. The zero-order valence-electron chi connectivity index (χ0n) is 20.4. The highest BCUT2D eigenvalue weighted by molar-refractivity contribution is 6.38. The molecule has 4 aromatic rings. The van der Waals surface area contributed by atoms with Crippen molar-refractivity contribution in [2.24, 2.45) is 5.73 Å². The van der Waals surface area contributed by atoms with E-state index in [1.165, 1.54) is 0 Å². The predicted molar refractivity (Wildman–Crippen MR) is 139 cm³/mol. The summed E-state index contributed by atoms with van der Waals surface area (Å²) in [4.78, 5) is 22.7. The lowest BCUT2D eigenvalue weighted by Crippen LogP contribution is -2.48. The third-order valence-electron chi connectivity index (χ3n) is 6.82. The summed E-state index contributed by atoms with van der Waals surface area (Å²) in [5.74, 6) is 1.33. The lowest BCUT2D eigenvalue weighted by molar-refractivity contribution is 0.272. The molecule has 1 fully saturated rings. The summed E-state index contributed by atoms with van der Waals surface area (Å²) in [5, 5.41) is 18.1. The molecule has 0 amide bonds. The van der Waals surface area contributed by atoms with Crippen LogP contribution in [-0.4, -0.2) is 68.0 Å². The Balaban J connectivity index is 1.58. The number of hydrogen-bond acceptors (Lipinski definition) is 9. The van der Waals surface area contributed by atoms with Gasteiger partial charge in [0.2, 0.25) is 0 Å². The second kappa shape index (κ2) is 8.85. The number of hydrogen-bond donors (Lipinski definition) is 3. The molecule has 0 unspecified atom stereocenters. The first-order valence-electron chi connectivity index (χ1n) is 11.7. The van der Waals surface area contributed by atoms with E-state index in [1.807, 2.05) is 38.2 Å². The minimum atomic E-state index is -0.247. The van der Waals surface area contributed by atoms with Gasteiger partial charge in [-0.15, -0.1) is 0 Å². The number of anilines is 2. The molecule has 4 N–H and O–H groups in total. The minimum Gasteiger partial charge on any atom is -0.390 e. The number of aliphatic hydroxyl groups is 1. The predicted octanol–water partition coefficient (Wildman–Crippen LogP) is 3.27. The van der Waals surface area contributed by atoms with E-state index in [2.05, 4.69) is 32.0 Å². The van der Waals surface area contributed by atoms with Crippen LogP contribution in [0.3, 0.4) is 0 Å². The second-order valence-corrected chi connectivity index (χ2v) is 10.2. The van der Waals surface area contributed by atoms with Gasteiger partial charge in [-0.3, -0.25) is 10.1 Å². The molecule has 1 aromatic carbocycles. The van der Waals surface area contributed by atoms with E-state index in [1.54, 1.807) is 6.20 Å². The Kier molecular flexibility index (Phi) is 5.98. The van der Waals surface area contributed by atoms with Crippen molar-refractivity contribution < 1.29 is 5.11 Å². The van der Waals surface area contributed by atoms with Crippen molar-refractivity contribution in [1.29, 1.82) is 0 Å². The lowest BCUT2D eigenvalue weighted by Gasteiger charge is -2.40. The number of aromatic amines is 1. The molecule has 10 nitrogen and oxygen atoms in total. The Morgan fingerprint density at radius 3 is 2.71 bits per heavy atom. The van der Waals surface area contributed by atoms with E-state index in [9.17, 15) is 5.11 Å². The first kappa shape index (κ1) is 23.7. The van der Waals surface area contributed by atoms with Crippen LogP contribution in [0.25, 0.3) is 33.5 Å². The zero-order valence-corrected chi connectivity index (χ0v) is 21.1. The van der Waals surface area contributed by atoms with Gasteiger partial charge in [0.1, 0.15) is 28.2 Å². The van der Waals surface area contributed by atoms with Crippen molar-refractivity contribution in [3.05, 3.63) is 29.0 Å². The van der Waals surface area contributed by atoms with E-state index in [0.29, 0.717) is 55.8 Å². The van der Waals surface area contributed by atoms with E-state index in [0.717, 1.165) is 25.7 Å². The lowest BCUT2D eigenvalue weighted by atomic mass is 9.80. The quantitative estimate of drug-likeness (QED) is 0.381. The Hall–Kier alpha value is -3.08. The molecule has 0 spiro atoms. The second-order valence-electron chi connectivity index (χ2n) is 9.85. The van der Waals surface area contributed by atoms with E-state index in [-0.39, 0.29) is 18.2 Å². The number of aromatic nitrogens is 6. The number of halogens is 1. The van der Waals surface area contributed by atoms with Gasteiger partial charge in [-0.1, -0.05) is 11.6 Å². The molecule has 2 atom stereocenters. The summed E-state index contributed by atoms with van der Waals surface area (Å²) in [6.45, 7) is 1.85. The fourth-order valence-electron chi connectivity index (χ4n) is 4.86. The molecule has 1 aliphatic rings. The number of nitrogens with two attached hydrogens (primary N) is 1. The number of fused-ring (bicyclic) bond motifs is 2. The van der Waals surface area contributed by atoms with Crippen molar-refractivity contribution in [2.75, 3.05) is 30.9 Å². The van der Waals surface area contributed by atoms with E-state index < -0.39 is 0 Å². The van der Waals surface area contributed by atoms with Crippen LogP contribution in [-0.2, 0) is 6.61 Å². The number of rotatable bonds is 5. The van der Waals surface area contributed by atoms with Gasteiger partial charge >= 0.3 is 0 Å². The number of nitrogens with zero attached hydrogens (tertiary/aromatic N) is 7. The van der Waals surface area contributed by atoms with Crippen LogP contribution in [0.2, 0.25) is 5.02 Å². The van der Waals surface area contributed by atoms with Gasteiger partial charge < -0.3 is 20.6 Å². The maximum atomic E-state index is 10.2. The maximum absolute atomic E-state index is 10.2. The van der Waals surface area contributed by atoms with Gasteiger partial charge in [0.25, 0.3) is 0 Å². The number of nitrogens with one attached hydrogen (secondary N) is 1. The van der Waals surface area contributed by atoms with Gasteiger partial charge in [0, 0.05) is 38.3 Å². The average Bonchev–Trinajstić information content (AvgIpc) is 3.24. The standard InChI is InChI=1S/C24H30ClN9O/c1-24(26)9-5-6-13(10-24)34(4)23-16(12-35)28-21-19(31-32-22(21)30-23)14-7-8-15-20(18(14)25)29-17(11-27-15)33(2)3/h7-8,11,13,35H,5-6,9-10,12,26H2,1-4H3,(H,30,31,32)/t13-,24-/m1/s1. The molecule has 0 saturated heterocycles. The molecule has 11 heteroatoms. The Morgan fingerprint density at radius 1 is 1.20 bits per heavy atom. The molecule has 3 aromatic heterocycles. The van der Waals surface area contributed by atoms with Crippen molar-refractivity contribution >= 4 is 45.4 Å². The molecule has 1 aliphatic carbocycles. The number of benzene rings is 1. The third-order valence-corrected chi connectivity index (χ3v) is 7.20. The largest absolute Gasteiger partial charge is 0.390 e. The number of aliphatic hydroxyl groups excluding tert-OH is 1. The third kappa shape index (κ3) is 4.26. The summed E-state index contributed by atoms with van der Waals surface area (Å²) in [5.41, 5.74) is 10.3. The molecule has 5 rings (SSSR count). The van der Waals surface area contributed by atoms with Crippen molar-refractivity contribution in [2.45, 2.75) is 50.8 Å². The van der Waals surface area contributed by atoms with E-state index in [4.69, 9.17) is 27.3 Å². The van der Waals surface area contributed by atoms with Crippen LogP contribution < -0.4 is 15.5 Å². The van der Waals surface area contributed by atoms with Crippen molar-refractivity contribution in [3.63, 3.8) is 0 Å². The molecule has 0 bridgehead atoms. The topological polar surface area (TPSA) is 133 Å². The van der Waals surface area contributed by atoms with Gasteiger partial charge in [0.05, 0.1) is 23.3 Å². The molecule has 184 valence electrons. The Labute approximate surface area is 208 Å². The highest BCUT2D eigenvalue weighted by Gasteiger charge is 2.32. The summed E-state index contributed by atoms with van der Waals surface area (Å²) >= 11 is 6.80. The molecule has 1 saturated carbocycles. The summed E-state index contributed by atoms with van der Waals surface area (Å²) in [7, 11) is 5.78. The maximum Gasteiger partial charge on any atom is 0.177 e. The summed E-state index contributed by atoms with van der Waals surface area (Å²) in [6, 6.07) is 3.94. The first-order valence-corrected chi connectivity index (χ1v) is 12.1. The molecule has 0 aliphatic heterocycles. The van der Waals surface area contributed by atoms with Gasteiger partial charge in [-0.2, -0.15) is 5.10 Å². The zero-order chi connectivity index (χ0) is 24.9. The SMILES string of the molecule is CN(C)c1cnc2ccc(-c3n[nH]c4nc(N(C)[C@@H]5CCC[C@@](C)(N)C5)c(CO)nc34)c(Cl)c2n1. The monoisotopic (exact) mass is 495 g/mol. The van der Waals surface area contributed by atoms with Crippen molar-refractivity contribution in [1.82, 2.24) is 30.1 Å². The molecular formula is C24H30ClN9O. The minimum absolute atomic E-state index is 0.211. The highest BCUT2D eigenvalue weighted by atomic mass is 35.5. The fourth-order valence-corrected chi connectivity index (χ4v) is 5.16. The van der Waals surface area contributed by atoms with E-state index >= 15 is 0 Å². The smallest absolute Gasteiger partial charge is 0.177 e. The Morgan fingerprint density at radius 2 is 2.00 bits per heavy atom. The van der Waals surface area contributed by atoms with Gasteiger partial charge in [0.15, 0.2) is 11.5 Å². The van der Waals surface area contributed by atoms with Crippen LogP contribution >= 0.6 is 11.6 Å². The highest BCUT2D eigenvalue weighted by Crippen LogP contribution is 2.37. The summed E-state index contributed by atoms with van der Waals surface area (Å²) in [6.07, 6.45) is 5.64. The van der Waals surface area contributed by atoms with Gasteiger partial charge in [-0.05, 0) is 44.7 Å². The van der Waals surface area contributed by atoms with Crippen LogP contribution in [0, 0.1) is 0 Å². The molecule has 3 heterocycles. The first-order chi connectivity index (χ1) is 16.7. The van der Waals surface area contributed by atoms with Crippen LogP contribution in [0.15, 0.2) is 18.3 Å². The molecule has 35 heavy (non-hydrogen) atoms.